The van der Waals surface area contributed by atoms with Crippen molar-refractivity contribution in [3.63, 3.8) is 0 Å². The second-order valence-corrected chi connectivity index (χ2v) is 7.60. The van der Waals surface area contributed by atoms with Gasteiger partial charge in [-0.3, -0.25) is 9.48 Å². The van der Waals surface area contributed by atoms with Crippen LogP contribution in [0.1, 0.15) is 37.2 Å². The fraction of sp³-hybridized carbons (Fsp3) is 0.316. The number of nitrogens with zero attached hydrogens (tertiary/aromatic N) is 3. The first-order valence-corrected chi connectivity index (χ1v) is 8.37. The Labute approximate surface area is 149 Å². The van der Waals surface area contributed by atoms with Crippen molar-refractivity contribution in [2.24, 2.45) is 5.41 Å². The van der Waals surface area contributed by atoms with Crippen LogP contribution in [0, 0.1) is 5.41 Å². The first kappa shape index (κ1) is 16.4. The number of aromatic nitrogens is 3. The number of aromatic carboxylic acids is 1. The van der Waals surface area contributed by atoms with E-state index in [9.17, 15) is 14.7 Å². The summed E-state index contributed by atoms with van der Waals surface area (Å²) in [6.07, 6.45) is 4.76. The SMILES string of the molecule is CC(C)(C)[C@@H]1Cn2ncc(-c3ccco3)c2-c2cc(=O)c(C(=O)O)cn21. The Hall–Kier alpha value is -3.09. The van der Waals surface area contributed by atoms with Crippen LogP contribution < -0.4 is 5.43 Å². The molecule has 0 aliphatic carbocycles. The molecule has 7 nitrogen and oxygen atoms in total. The summed E-state index contributed by atoms with van der Waals surface area (Å²) in [4.78, 5) is 23.8. The molecule has 1 aliphatic heterocycles. The van der Waals surface area contributed by atoms with Gasteiger partial charge < -0.3 is 14.1 Å². The summed E-state index contributed by atoms with van der Waals surface area (Å²) >= 11 is 0. The Balaban J connectivity index is 2.02. The molecule has 7 heteroatoms. The normalized spacial score (nSPS) is 16.2. The van der Waals surface area contributed by atoms with Crippen molar-refractivity contribution in [3.8, 4) is 22.7 Å². The van der Waals surface area contributed by atoms with Crippen LogP contribution in [0.25, 0.3) is 22.7 Å². The summed E-state index contributed by atoms with van der Waals surface area (Å²) < 4.78 is 9.27. The van der Waals surface area contributed by atoms with E-state index in [2.05, 4.69) is 25.9 Å². The van der Waals surface area contributed by atoms with Gasteiger partial charge in [0.25, 0.3) is 0 Å². The molecule has 0 amide bonds. The predicted molar refractivity (Wildman–Crippen MR) is 95.1 cm³/mol. The highest BCUT2D eigenvalue weighted by molar-refractivity contribution is 5.88. The van der Waals surface area contributed by atoms with E-state index in [4.69, 9.17) is 4.42 Å². The monoisotopic (exact) mass is 353 g/mol. The maximum Gasteiger partial charge on any atom is 0.341 e. The van der Waals surface area contributed by atoms with Gasteiger partial charge in [-0.2, -0.15) is 5.10 Å². The molecule has 0 bridgehead atoms. The van der Waals surface area contributed by atoms with Crippen LogP contribution >= 0.6 is 0 Å². The molecule has 1 N–H and O–H groups in total. The van der Waals surface area contributed by atoms with Crippen LogP contribution in [0.15, 0.2) is 46.1 Å². The van der Waals surface area contributed by atoms with Crippen molar-refractivity contribution < 1.29 is 14.3 Å². The van der Waals surface area contributed by atoms with E-state index in [1.54, 1.807) is 18.5 Å². The van der Waals surface area contributed by atoms with Crippen molar-refractivity contribution in [3.05, 3.63) is 52.6 Å². The number of fused-ring (bicyclic) bond motifs is 3. The molecule has 3 aromatic rings. The molecule has 4 heterocycles. The summed E-state index contributed by atoms with van der Waals surface area (Å²) in [6, 6.07) is 4.97. The number of hydrogen-bond donors (Lipinski definition) is 1. The van der Waals surface area contributed by atoms with Crippen LogP contribution in [-0.2, 0) is 6.54 Å². The van der Waals surface area contributed by atoms with Gasteiger partial charge in [0.15, 0.2) is 5.43 Å². The molecule has 1 aliphatic rings. The fourth-order valence-corrected chi connectivity index (χ4v) is 3.51. The minimum absolute atomic E-state index is 0.0481. The van der Waals surface area contributed by atoms with E-state index < -0.39 is 11.4 Å². The average Bonchev–Trinajstić information content (AvgIpc) is 3.21. The van der Waals surface area contributed by atoms with Gasteiger partial charge in [-0.25, -0.2) is 4.79 Å². The summed E-state index contributed by atoms with van der Waals surface area (Å²) in [6.45, 7) is 6.83. The highest BCUT2D eigenvalue weighted by Crippen LogP contribution is 2.42. The second-order valence-electron chi connectivity index (χ2n) is 7.60. The van der Waals surface area contributed by atoms with Crippen molar-refractivity contribution in [2.75, 3.05) is 0 Å². The highest BCUT2D eigenvalue weighted by Gasteiger charge is 2.35. The van der Waals surface area contributed by atoms with Gasteiger partial charge in [0.05, 0.1) is 42.0 Å². The third-order valence-electron chi connectivity index (χ3n) is 4.86. The van der Waals surface area contributed by atoms with Crippen LogP contribution in [-0.4, -0.2) is 25.4 Å². The van der Waals surface area contributed by atoms with Crippen LogP contribution in [0.3, 0.4) is 0 Å². The summed E-state index contributed by atoms with van der Waals surface area (Å²) in [5.41, 5.74) is 1.28. The third kappa shape index (κ3) is 2.39. The van der Waals surface area contributed by atoms with Crippen LogP contribution in [0.4, 0.5) is 0 Å². The minimum Gasteiger partial charge on any atom is -0.477 e. The Bertz CT molecular complexity index is 1050. The van der Waals surface area contributed by atoms with Gasteiger partial charge in [-0.05, 0) is 17.5 Å². The lowest BCUT2D eigenvalue weighted by molar-refractivity contribution is 0.0693. The van der Waals surface area contributed by atoms with Gasteiger partial charge in [0.2, 0.25) is 0 Å². The molecule has 26 heavy (non-hydrogen) atoms. The number of carboxylic acid groups (broad SMARTS) is 1. The van der Waals surface area contributed by atoms with E-state index in [0.717, 1.165) is 11.3 Å². The quantitative estimate of drug-likeness (QED) is 0.763. The number of furan rings is 1. The Morgan fingerprint density at radius 3 is 2.77 bits per heavy atom. The second kappa shape index (κ2) is 5.45. The number of carbonyl (C=O) groups is 1. The van der Waals surface area contributed by atoms with Crippen molar-refractivity contribution in [2.45, 2.75) is 33.4 Å². The lowest BCUT2D eigenvalue weighted by Gasteiger charge is -2.38. The van der Waals surface area contributed by atoms with Crippen molar-refractivity contribution >= 4 is 5.97 Å². The third-order valence-corrected chi connectivity index (χ3v) is 4.86. The summed E-state index contributed by atoms with van der Waals surface area (Å²) in [5, 5.41) is 13.9. The largest absolute Gasteiger partial charge is 0.477 e. The zero-order chi connectivity index (χ0) is 18.6. The average molecular weight is 353 g/mol. The van der Waals surface area contributed by atoms with Gasteiger partial charge in [0, 0.05) is 12.3 Å². The highest BCUT2D eigenvalue weighted by atomic mass is 16.4. The standard InChI is InChI=1S/C19H19N3O4/c1-19(2,3)16-10-22-17(11(8-20-22)15-5-4-6-26-15)13-7-14(23)12(18(24)25)9-21(13)16/h4-9,16H,10H2,1-3H3,(H,24,25)/t16-/m0/s1. The van der Waals surface area contributed by atoms with Crippen molar-refractivity contribution in [1.29, 1.82) is 0 Å². The predicted octanol–water partition coefficient (Wildman–Crippen LogP) is 3.27. The first-order valence-electron chi connectivity index (χ1n) is 8.37. The fourth-order valence-electron chi connectivity index (χ4n) is 3.51. The van der Waals surface area contributed by atoms with Gasteiger partial charge >= 0.3 is 5.97 Å². The molecular weight excluding hydrogens is 334 g/mol. The Morgan fingerprint density at radius 2 is 2.15 bits per heavy atom. The molecule has 0 aromatic carbocycles. The molecular formula is C19H19N3O4. The van der Waals surface area contributed by atoms with Crippen molar-refractivity contribution in [1.82, 2.24) is 14.3 Å². The van der Waals surface area contributed by atoms with E-state index in [1.165, 1.54) is 12.3 Å². The van der Waals surface area contributed by atoms with E-state index in [0.29, 0.717) is 18.0 Å². The Kier molecular flexibility index (Phi) is 3.44. The number of rotatable bonds is 2. The lowest BCUT2D eigenvalue weighted by Crippen LogP contribution is -2.35. The van der Waals surface area contributed by atoms with E-state index in [-0.39, 0.29) is 17.0 Å². The Morgan fingerprint density at radius 1 is 1.38 bits per heavy atom. The van der Waals surface area contributed by atoms with Gasteiger partial charge in [-0.15, -0.1) is 0 Å². The van der Waals surface area contributed by atoms with Gasteiger partial charge in [-0.1, -0.05) is 20.8 Å². The number of carboxylic acids is 1. The summed E-state index contributed by atoms with van der Waals surface area (Å²) in [5.74, 6) is -0.565. The molecule has 134 valence electrons. The molecule has 0 saturated heterocycles. The molecule has 4 rings (SSSR count). The zero-order valence-corrected chi connectivity index (χ0v) is 14.8. The molecule has 0 radical (unpaired) electrons. The maximum absolute atomic E-state index is 12.4. The molecule has 0 unspecified atom stereocenters. The maximum atomic E-state index is 12.4. The molecule has 0 spiro atoms. The molecule has 3 aromatic heterocycles. The number of pyridine rings is 1. The molecule has 0 fully saturated rings. The minimum atomic E-state index is -1.22. The van der Waals surface area contributed by atoms with E-state index >= 15 is 0 Å². The van der Waals surface area contributed by atoms with Gasteiger partial charge in [0.1, 0.15) is 11.3 Å². The lowest BCUT2D eigenvalue weighted by atomic mass is 9.84. The topological polar surface area (TPSA) is 90.3 Å². The summed E-state index contributed by atoms with van der Waals surface area (Å²) in [7, 11) is 0. The smallest absolute Gasteiger partial charge is 0.341 e. The van der Waals surface area contributed by atoms with E-state index in [1.807, 2.05) is 15.3 Å². The zero-order valence-electron chi connectivity index (χ0n) is 14.8. The first-order chi connectivity index (χ1) is 12.3. The van der Waals surface area contributed by atoms with Crippen LogP contribution in [0.2, 0.25) is 0 Å². The van der Waals surface area contributed by atoms with Crippen LogP contribution in [0.5, 0.6) is 0 Å². The number of hydrogen-bond acceptors (Lipinski definition) is 4. The molecule has 1 atom stereocenters. The molecule has 0 saturated carbocycles.